The second-order valence-electron chi connectivity index (χ2n) is 15.7. The highest BCUT2D eigenvalue weighted by atomic mass is 15.0. The van der Waals surface area contributed by atoms with E-state index in [1.54, 1.807) is 0 Å². The number of hydrogen-bond acceptors (Lipinski definition) is 3. The highest BCUT2D eigenvalue weighted by molar-refractivity contribution is 6.16. The maximum Gasteiger partial charge on any atom is 0.164 e. The molecule has 0 unspecified atom stereocenters. The molecule has 0 radical (unpaired) electrons. The van der Waals surface area contributed by atoms with E-state index in [9.17, 15) is 0 Å². The third-order valence-corrected chi connectivity index (χ3v) is 11.9. The standard InChI is InChI=1S/C54H38N4/c1-54(2)46-26-13-12-24-42(46)43-30-28-40(34-47(43)54)38-21-14-20-37(32-38)39-29-31-48-45(33-39)50-44(25-15-27-49(50)58(48)41-22-10-5-11-23-41)53-56-51(35-16-6-3-7-17-35)55-52(57-53)36-18-8-4-9-19-36/h3-34H,1-2H3. The Morgan fingerprint density at radius 3 is 1.59 bits per heavy atom. The molecule has 274 valence electrons. The molecule has 0 bridgehead atoms. The van der Waals surface area contributed by atoms with Crippen molar-refractivity contribution in [3.8, 4) is 73.2 Å². The lowest BCUT2D eigenvalue weighted by molar-refractivity contribution is 0.660. The van der Waals surface area contributed by atoms with Crippen LogP contribution < -0.4 is 0 Å². The highest BCUT2D eigenvalue weighted by Gasteiger charge is 2.35. The lowest BCUT2D eigenvalue weighted by atomic mass is 9.81. The molecule has 8 aromatic carbocycles. The normalized spacial score (nSPS) is 12.8. The van der Waals surface area contributed by atoms with E-state index in [0.29, 0.717) is 17.5 Å². The van der Waals surface area contributed by atoms with Gasteiger partial charge in [-0.2, -0.15) is 0 Å². The molecule has 0 atom stereocenters. The molecule has 58 heavy (non-hydrogen) atoms. The van der Waals surface area contributed by atoms with Crippen molar-refractivity contribution in [2.24, 2.45) is 0 Å². The molecule has 10 aromatic rings. The summed E-state index contributed by atoms with van der Waals surface area (Å²) in [5, 5.41) is 2.24. The van der Waals surface area contributed by atoms with Gasteiger partial charge < -0.3 is 4.57 Å². The Hall–Kier alpha value is -7.43. The first-order chi connectivity index (χ1) is 28.5. The molecular formula is C54H38N4. The van der Waals surface area contributed by atoms with Gasteiger partial charge in [0, 0.05) is 38.6 Å². The second-order valence-corrected chi connectivity index (χ2v) is 15.7. The van der Waals surface area contributed by atoms with Gasteiger partial charge in [-0.3, -0.25) is 0 Å². The summed E-state index contributed by atoms with van der Waals surface area (Å²) in [5.74, 6) is 1.92. The van der Waals surface area contributed by atoms with Gasteiger partial charge in [0.1, 0.15) is 0 Å². The summed E-state index contributed by atoms with van der Waals surface area (Å²) in [4.78, 5) is 15.4. The van der Waals surface area contributed by atoms with Crippen LogP contribution in [0.4, 0.5) is 0 Å². The van der Waals surface area contributed by atoms with Crippen molar-refractivity contribution < 1.29 is 0 Å². The highest BCUT2D eigenvalue weighted by Crippen LogP contribution is 2.49. The zero-order chi connectivity index (χ0) is 38.8. The minimum Gasteiger partial charge on any atom is -0.309 e. The Kier molecular flexibility index (Phi) is 7.80. The number of hydrogen-bond donors (Lipinski definition) is 0. The molecule has 0 aliphatic heterocycles. The van der Waals surface area contributed by atoms with Gasteiger partial charge in [-0.15, -0.1) is 0 Å². The molecule has 11 rings (SSSR count). The molecule has 4 nitrogen and oxygen atoms in total. The average molecular weight is 743 g/mol. The Morgan fingerprint density at radius 1 is 0.362 bits per heavy atom. The van der Waals surface area contributed by atoms with Crippen molar-refractivity contribution in [2.45, 2.75) is 19.3 Å². The lowest BCUT2D eigenvalue weighted by Crippen LogP contribution is -2.14. The Morgan fingerprint density at radius 2 is 0.879 bits per heavy atom. The van der Waals surface area contributed by atoms with Crippen LogP contribution in [0.2, 0.25) is 0 Å². The molecular weight excluding hydrogens is 705 g/mol. The van der Waals surface area contributed by atoms with Crippen LogP contribution in [0, 0.1) is 0 Å². The van der Waals surface area contributed by atoms with Gasteiger partial charge in [0.2, 0.25) is 0 Å². The van der Waals surface area contributed by atoms with E-state index >= 15 is 0 Å². The summed E-state index contributed by atoms with van der Waals surface area (Å²) in [6.45, 7) is 4.68. The third-order valence-electron chi connectivity index (χ3n) is 11.9. The minimum absolute atomic E-state index is 0.0580. The number of fused-ring (bicyclic) bond motifs is 6. The van der Waals surface area contributed by atoms with Gasteiger partial charge in [0.15, 0.2) is 17.5 Å². The zero-order valence-corrected chi connectivity index (χ0v) is 32.3. The predicted molar refractivity (Wildman–Crippen MR) is 239 cm³/mol. The monoisotopic (exact) mass is 742 g/mol. The summed E-state index contributed by atoms with van der Waals surface area (Å²) in [7, 11) is 0. The topological polar surface area (TPSA) is 43.6 Å². The Labute approximate surface area is 337 Å². The van der Waals surface area contributed by atoms with E-state index in [4.69, 9.17) is 15.0 Å². The van der Waals surface area contributed by atoms with Crippen molar-refractivity contribution in [2.75, 3.05) is 0 Å². The first-order valence-electron chi connectivity index (χ1n) is 19.9. The molecule has 4 heteroatoms. The van der Waals surface area contributed by atoms with Crippen LogP contribution in [0.15, 0.2) is 194 Å². The molecule has 0 saturated heterocycles. The minimum atomic E-state index is -0.0580. The molecule has 1 aliphatic rings. The average Bonchev–Trinajstić information content (AvgIpc) is 3.75. The SMILES string of the molecule is CC1(C)c2ccccc2-c2ccc(-c3cccc(-c4ccc5c(c4)c4c(-c6nc(-c7ccccc7)nc(-c7ccccc7)n6)cccc4n5-c4ccccc4)c3)cc21. The number of benzene rings is 8. The van der Waals surface area contributed by atoms with Gasteiger partial charge in [-0.1, -0.05) is 166 Å². The van der Waals surface area contributed by atoms with E-state index in [1.807, 2.05) is 36.4 Å². The van der Waals surface area contributed by atoms with Crippen molar-refractivity contribution in [3.63, 3.8) is 0 Å². The first kappa shape index (κ1) is 33.9. The van der Waals surface area contributed by atoms with Crippen LogP contribution in [0.5, 0.6) is 0 Å². The molecule has 0 spiro atoms. The van der Waals surface area contributed by atoms with Crippen LogP contribution in [0.25, 0.3) is 95.0 Å². The van der Waals surface area contributed by atoms with Gasteiger partial charge in [-0.25, -0.2) is 15.0 Å². The fraction of sp³-hybridized carbons (Fsp3) is 0.0556. The number of nitrogens with zero attached hydrogens (tertiary/aromatic N) is 4. The van der Waals surface area contributed by atoms with Gasteiger partial charge >= 0.3 is 0 Å². The van der Waals surface area contributed by atoms with E-state index in [2.05, 4.69) is 176 Å². The van der Waals surface area contributed by atoms with Crippen LogP contribution in [0.3, 0.4) is 0 Å². The van der Waals surface area contributed by atoms with Crippen LogP contribution in [-0.2, 0) is 5.41 Å². The smallest absolute Gasteiger partial charge is 0.164 e. The summed E-state index contributed by atoms with van der Waals surface area (Å²) < 4.78 is 2.36. The Balaban J connectivity index is 1.10. The zero-order valence-electron chi connectivity index (χ0n) is 32.3. The summed E-state index contributed by atoms with van der Waals surface area (Å²) in [6.07, 6.45) is 0. The van der Waals surface area contributed by atoms with Crippen LogP contribution in [0.1, 0.15) is 25.0 Å². The molecule has 2 aromatic heterocycles. The third kappa shape index (κ3) is 5.48. The lowest BCUT2D eigenvalue weighted by Gasteiger charge is -2.22. The van der Waals surface area contributed by atoms with Crippen LogP contribution in [-0.4, -0.2) is 19.5 Å². The quantitative estimate of drug-likeness (QED) is 0.170. The maximum atomic E-state index is 5.18. The van der Waals surface area contributed by atoms with Crippen molar-refractivity contribution in [1.82, 2.24) is 19.5 Å². The van der Waals surface area contributed by atoms with Gasteiger partial charge in [0.05, 0.1) is 11.0 Å². The van der Waals surface area contributed by atoms with Crippen LogP contribution >= 0.6 is 0 Å². The van der Waals surface area contributed by atoms with E-state index in [1.165, 1.54) is 38.9 Å². The van der Waals surface area contributed by atoms with Gasteiger partial charge in [-0.05, 0) is 87.0 Å². The molecule has 0 saturated carbocycles. The van der Waals surface area contributed by atoms with E-state index < -0.39 is 0 Å². The molecule has 2 heterocycles. The van der Waals surface area contributed by atoms with Crippen molar-refractivity contribution in [3.05, 3.63) is 205 Å². The number of para-hydroxylation sites is 1. The summed E-state index contributed by atoms with van der Waals surface area (Å²) >= 11 is 0. The van der Waals surface area contributed by atoms with E-state index in [-0.39, 0.29) is 5.41 Å². The Bertz CT molecular complexity index is 3120. The fourth-order valence-corrected chi connectivity index (χ4v) is 8.98. The van der Waals surface area contributed by atoms with Crippen molar-refractivity contribution in [1.29, 1.82) is 0 Å². The van der Waals surface area contributed by atoms with E-state index in [0.717, 1.165) is 49.7 Å². The van der Waals surface area contributed by atoms with Crippen molar-refractivity contribution >= 4 is 21.8 Å². The number of rotatable bonds is 6. The molecule has 0 amide bonds. The molecule has 0 N–H and O–H groups in total. The fourth-order valence-electron chi connectivity index (χ4n) is 8.98. The largest absolute Gasteiger partial charge is 0.309 e. The summed E-state index contributed by atoms with van der Waals surface area (Å²) in [5.41, 5.74) is 16.3. The maximum absolute atomic E-state index is 5.18. The molecule has 0 fully saturated rings. The summed E-state index contributed by atoms with van der Waals surface area (Å²) in [6, 6.07) is 69.1. The van der Waals surface area contributed by atoms with Gasteiger partial charge in [0.25, 0.3) is 0 Å². The second kappa shape index (κ2) is 13.4. The number of aromatic nitrogens is 4. The molecule has 1 aliphatic carbocycles. The predicted octanol–water partition coefficient (Wildman–Crippen LogP) is 13.6. The first-order valence-corrected chi connectivity index (χ1v) is 19.9.